The third-order valence-corrected chi connectivity index (χ3v) is 4.69. The first-order valence-corrected chi connectivity index (χ1v) is 9.85. The second-order valence-corrected chi connectivity index (χ2v) is 6.79. The number of para-hydroxylation sites is 1. The van der Waals surface area contributed by atoms with E-state index in [9.17, 15) is 9.90 Å². The van der Waals surface area contributed by atoms with Crippen molar-refractivity contribution in [3.8, 4) is 34.0 Å². The summed E-state index contributed by atoms with van der Waals surface area (Å²) in [5.41, 5.74) is 5.80. The Balaban J connectivity index is 1.64. The number of nitrogens with zero attached hydrogens (tertiary/aromatic N) is 3. The maximum atomic E-state index is 12.8. The van der Waals surface area contributed by atoms with Crippen LogP contribution in [0.3, 0.4) is 0 Å². The molecule has 4 rings (SSSR count). The van der Waals surface area contributed by atoms with Crippen molar-refractivity contribution < 1.29 is 14.6 Å². The lowest BCUT2D eigenvalue weighted by molar-refractivity contribution is 0.0945. The fourth-order valence-corrected chi connectivity index (χ4v) is 3.08. The molecule has 158 valence electrons. The van der Waals surface area contributed by atoms with Gasteiger partial charge in [0.2, 0.25) is 5.82 Å². The average molecular weight is 424 g/mol. The van der Waals surface area contributed by atoms with Crippen LogP contribution in [0, 0.1) is 0 Å². The van der Waals surface area contributed by atoms with Crippen molar-refractivity contribution in [2.24, 2.45) is 5.10 Å². The molecule has 0 unspecified atom stereocenters. The van der Waals surface area contributed by atoms with Crippen LogP contribution in [-0.4, -0.2) is 34.3 Å². The first-order chi connectivity index (χ1) is 15.7. The van der Waals surface area contributed by atoms with Crippen molar-refractivity contribution in [3.05, 3.63) is 96.3 Å². The number of methoxy groups -OCH3 is 1. The highest BCUT2D eigenvalue weighted by Crippen LogP contribution is 2.28. The van der Waals surface area contributed by atoms with Gasteiger partial charge in [0, 0.05) is 16.7 Å². The minimum Gasteiger partial charge on any atom is -0.504 e. The maximum absolute atomic E-state index is 12.8. The lowest BCUT2D eigenvalue weighted by atomic mass is 10.1. The smallest absolute Gasteiger partial charge is 0.309 e. The molecule has 32 heavy (non-hydrogen) atoms. The van der Waals surface area contributed by atoms with Crippen molar-refractivity contribution in [3.63, 3.8) is 0 Å². The van der Waals surface area contributed by atoms with E-state index in [0.717, 1.165) is 11.1 Å². The normalized spacial score (nSPS) is 10.8. The Morgan fingerprint density at radius 2 is 1.50 bits per heavy atom. The van der Waals surface area contributed by atoms with Crippen molar-refractivity contribution in [1.82, 2.24) is 15.4 Å². The van der Waals surface area contributed by atoms with Crippen LogP contribution in [0.25, 0.3) is 22.5 Å². The SMILES string of the molecule is COc1cccc(/C=N/NC(=O)c2nc(-c3ccccc3)cc(-c3ccccc3)n2)c1O. The van der Waals surface area contributed by atoms with Crippen molar-refractivity contribution in [2.75, 3.05) is 7.11 Å². The molecule has 0 spiro atoms. The van der Waals surface area contributed by atoms with Gasteiger partial charge in [-0.3, -0.25) is 4.79 Å². The van der Waals surface area contributed by atoms with Crippen LogP contribution in [-0.2, 0) is 0 Å². The Labute approximate surface area is 185 Å². The number of hydrazone groups is 1. The molecule has 0 bridgehead atoms. The average Bonchev–Trinajstić information content (AvgIpc) is 2.86. The molecule has 2 N–H and O–H groups in total. The second-order valence-electron chi connectivity index (χ2n) is 6.79. The molecule has 0 fully saturated rings. The molecule has 0 saturated carbocycles. The second kappa shape index (κ2) is 9.53. The third-order valence-electron chi connectivity index (χ3n) is 4.69. The Kier molecular flexibility index (Phi) is 6.17. The van der Waals surface area contributed by atoms with Crippen LogP contribution >= 0.6 is 0 Å². The third kappa shape index (κ3) is 4.62. The quantitative estimate of drug-likeness (QED) is 0.356. The van der Waals surface area contributed by atoms with Gasteiger partial charge in [-0.25, -0.2) is 15.4 Å². The van der Waals surface area contributed by atoms with Gasteiger partial charge in [-0.1, -0.05) is 66.7 Å². The number of carbonyl (C=O) groups is 1. The molecule has 0 aliphatic rings. The summed E-state index contributed by atoms with van der Waals surface area (Å²) in [6, 6.07) is 26.0. The first kappa shape index (κ1) is 20.7. The number of hydrogen-bond donors (Lipinski definition) is 2. The zero-order valence-electron chi connectivity index (χ0n) is 17.3. The number of phenols is 1. The Bertz CT molecular complexity index is 1200. The fourth-order valence-electron chi connectivity index (χ4n) is 3.08. The van der Waals surface area contributed by atoms with E-state index in [1.165, 1.54) is 13.3 Å². The summed E-state index contributed by atoms with van der Waals surface area (Å²) in [4.78, 5) is 21.6. The van der Waals surface area contributed by atoms with Gasteiger partial charge in [-0.15, -0.1) is 0 Å². The van der Waals surface area contributed by atoms with E-state index in [1.807, 2.05) is 66.7 Å². The van der Waals surface area contributed by atoms with Gasteiger partial charge >= 0.3 is 5.91 Å². The van der Waals surface area contributed by atoms with Crippen LogP contribution in [0.1, 0.15) is 16.2 Å². The highest BCUT2D eigenvalue weighted by atomic mass is 16.5. The minimum absolute atomic E-state index is 0.0165. The number of nitrogens with one attached hydrogen (secondary N) is 1. The molecule has 4 aromatic rings. The number of hydrogen-bond acceptors (Lipinski definition) is 6. The van der Waals surface area contributed by atoms with E-state index < -0.39 is 5.91 Å². The zero-order chi connectivity index (χ0) is 22.3. The molecule has 3 aromatic carbocycles. The highest BCUT2D eigenvalue weighted by Gasteiger charge is 2.14. The van der Waals surface area contributed by atoms with Gasteiger partial charge in [0.15, 0.2) is 11.5 Å². The number of amides is 1. The Morgan fingerprint density at radius 3 is 2.06 bits per heavy atom. The van der Waals surface area contributed by atoms with Crippen LogP contribution in [0.2, 0.25) is 0 Å². The molecule has 7 nitrogen and oxygen atoms in total. The van der Waals surface area contributed by atoms with E-state index in [2.05, 4.69) is 20.5 Å². The Morgan fingerprint density at radius 1 is 0.906 bits per heavy atom. The summed E-state index contributed by atoms with van der Waals surface area (Å²) in [5.74, 6) is -0.343. The van der Waals surface area contributed by atoms with Gasteiger partial charge in [0.05, 0.1) is 24.7 Å². The molecule has 0 atom stereocenters. The van der Waals surface area contributed by atoms with E-state index in [-0.39, 0.29) is 11.6 Å². The largest absolute Gasteiger partial charge is 0.504 e. The molecule has 0 aliphatic carbocycles. The van der Waals surface area contributed by atoms with Crippen LogP contribution in [0.4, 0.5) is 0 Å². The number of benzene rings is 3. The number of phenolic OH excluding ortho intramolecular Hbond substituents is 1. The summed E-state index contributed by atoms with van der Waals surface area (Å²) in [5, 5.41) is 14.1. The summed E-state index contributed by atoms with van der Waals surface area (Å²) < 4.78 is 5.07. The molecule has 1 heterocycles. The van der Waals surface area contributed by atoms with Crippen LogP contribution < -0.4 is 10.2 Å². The van der Waals surface area contributed by atoms with E-state index in [1.54, 1.807) is 18.2 Å². The van der Waals surface area contributed by atoms with Gasteiger partial charge < -0.3 is 9.84 Å². The summed E-state index contributed by atoms with van der Waals surface area (Å²) in [7, 11) is 1.46. The highest BCUT2D eigenvalue weighted by molar-refractivity contribution is 5.93. The Hall–Kier alpha value is -4.52. The predicted molar refractivity (Wildman–Crippen MR) is 123 cm³/mol. The summed E-state index contributed by atoms with van der Waals surface area (Å²) in [6.45, 7) is 0. The zero-order valence-corrected chi connectivity index (χ0v) is 17.3. The van der Waals surface area contributed by atoms with Gasteiger partial charge in [0.1, 0.15) is 0 Å². The number of aromatic nitrogens is 2. The molecule has 7 heteroatoms. The summed E-state index contributed by atoms with van der Waals surface area (Å²) >= 11 is 0. The van der Waals surface area contributed by atoms with Crippen molar-refractivity contribution >= 4 is 12.1 Å². The molecular formula is C25H20N4O3. The van der Waals surface area contributed by atoms with Gasteiger partial charge in [0.25, 0.3) is 0 Å². The predicted octanol–water partition coefficient (Wildman–Crippen LogP) is 4.29. The lowest BCUT2D eigenvalue weighted by Gasteiger charge is -2.08. The van der Waals surface area contributed by atoms with Crippen LogP contribution in [0.15, 0.2) is 90.0 Å². The molecule has 1 aromatic heterocycles. The maximum Gasteiger partial charge on any atom is 0.309 e. The number of ether oxygens (including phenoxy) is 1. The van der Waals surface area contributed by atoms with E-state index in [4.69, 9.17) is 4.74 Å². The molecule has 0 aliphatic heterocycles. The van der Waals surface area contributed by atoms with Crippen molar-refractivity contribution in [2.45, 2.75) is 0 Å². The molecular weight excluding hydrogens is 404 g/mol. The standard InChI is InChI=1S/C25H20N4O3/c1-32-22-14-8-13-19(23(22)30)16-26-29-25(31)24-27-20(17-9-4-2-5-10-17)15-21(28-24)18-11-6-3-7-12-18/h2-16,30H,1H3,(H,29,31)/b26-16+. The molecule has 0 radical (unpaired) electrons. The lowest BCUT2D eigenvalue weighted by Crippen LogP contribution is -2.21. The summed E-state index contributed by atoms with van der Waals surface area (Å²) in [6.07, 6.45) is 1.33. The molecule has 1 amide bonds. The first-order valence-electron chi connectivity index (χ1n) is 9.85. The monoisotopic (exact) mass is 424 g/mol. The number of rotatable bonds is 6. The van der Waals surface area contributed by atoms with Gasteiger partial charge in [-0.05, 0) is 18.2 Å². The topological polar surface area (TPSA) is 96.7 Å². The van der Waals surface area contributed by atoms with E-state index >= 15 is 0 Å². The minimum atomic E-state index is -0.571. The van der Waals surface area contributed by atoms with Gasteiger partial charge in [-0.2, -0.15) is 5.10 Å². The van der Waals surface area contributed by atoms with Crippen LogP contribution in [0.5, 0.6) is 11.5 Å². The number of aromatic hydroxyl groups is 1. The van der Waals surface area contributed by atoms with Crippen molar-refractivity contribution in [1.29, 1.82) is 0 Å². The molecule has 0 saturated heterocycles. The number of carbonyl (C=O) groups excluding carboxylic acids is 1. The van der Waals surface area contributed by atoms with E-state index in [0.29, 0.717) is 22.7 Å². The fraction of sp³-hybridized carbons (Fsp3) is 0.0400.